The minimum absolute atomic E-state index is 0.572. The molecule has 0 aliphatic carbocycles. The highest BCUT2D eigenvalue weighted by molar-refractivity contribution is 8.00. The molecule has 2 aliphatic rings. The van der Waals surface area contributed by atoms with E-state index >= 15 is 0 Å². The summed E-state index contributed by atoms with van der Waals surface area (Å²) in [7, 11) is 0. The molecule has 12 rings (SSSR count). The van der Waals surface area contributed by atoms with Crippen molar-refractivity contribution in [2.24, 2.45) is 0 Å². The first kappa shape index (κ1) is 31.4. The summed E-state index contributed by atoms with van der Waals surface area (Å²) in [5, 5.41) is 25.3. The molecule has 2 aromatic heterocycles. The molecule has 8 aromatic carbocycles. The van der Waals surface area contributed by atoms with Gasteiger partial charge in [0, 0.05) is 41.1 Å². The quantitative estimate of drug-likeness (QED) is 0.181. The average molecular weight is 747 g/mol. The van der Waals surface area contributed by atoms with Crippen LogP contribution in [0.2, 0.25) is 0 Å². The van der Waals surface area contributed by atoms with Crippen LogP contribution in [0.3, 0.4) is 0 Å². The third-order valence-electron chi connectivity index (χ3n) is 11.3. The fourth-order valence-corrected chi connectivity index (χ4v) is 11.0. The maximum Gasteiger partial charge on any atom is 0.0992 e. The van der Waals surface area contributed by atoms with Crippen molar-refractivity contribution < 1.29 is 0 Å². The van der Waals surface area contributed by atoms with E-state index in [1.165, 1.54) is 63.5 Å². The van der Waals surface area contributed by atoms with Crippen molar-refractivity contribution in [2.45, 2.75) is 19.6 Å². The number of aromatic nitrogens is 2. The van der Waals surface area contributed by atoms with Crippen molar-refractivity contribution in [2.75, 3.05) is 0 Å². The molecule has 0 radical (unpaired) electrons. The molecule has 0 atom stereocenters. The van der Waals surface area contributed by atoms with Gasteiger partial charge in [-0.25, -0.2) is 0 Å². The van der Waals surface area contributed by atoms with Crippen LogP contribution >= 0.6 is 23.5 Å². The number of benzene rings is 8. The van der Waals surface area contributed by atoms with Crippen LogP contribution in [0.25, 0.3) is 88.4 Å². The van der Waals surface area contributed by atoms with Gasteiger partial charge in [0.25, 0.3) is 0 Å². The highest BCUT2D eigenvalue weighted by Crippen LogP contribution is 2.49. The first-order valence-corrected chi connectivity index (χ1v) is 20.1. The fourth-order valence-electron chi connectivity index (χ4n) is 8.84. The van der Waals surface area contributed by atoms with Crippen molar-refractivity contribution in [1.29, 1.82) is 10.5 Å². The van der Waals surface area contributed by atoms with Gasteiger partial charge in [0.1, 0.15) is 0 Å². The van der Waals surface area contributed by atoms with Gasteiger partial charge in [-0.2, -0.15) is 10.5 Å². The Bertz CT molecular complexity index is 3230. The van der Waals surface area contributed by atoms with E-state index in [4.69, 9.17) is 0 Å². The van der Waals surface area contributed by atoms with E-state index in [2.05, 4.69) is 155 Å². The SMILES string of the molecule is N#Cc1cc(-c2cc(C#N)cc(-c3ccc4c(c3)c3cccc5c3n4-c3ccccc3S5)c2)cc(-c2ccc3c(c2)c2cccc4c2n3-c2ccccc2S4)c1. The van der Waals surface area contributed by atoms with Crippen LogP contribution in [0.15, 0.2) is 177 Å². The summed E-state index contributed by atoms with van der Waals surface area (Å²) in [4.78, 5) is 4.99. The molecule has 258 valence electrons. The van der Waals surface area contributed by atoms with Gasteiger partial charge in [0.15, 0.2) is 0 Å². The lowest BCUT2D eigenvalue weighted by atomic mass is 9.92. The fraction of sp³-hybridized carbons (Fsp3) is 0. The molecule has 0 N–H and O–H groups in total. The Labute approximate surface area is 330 Å². The van der Waals surface area contributed by atoms with Gasteiger partial charge >= 0.3 is 0 Å². The number of nitriles is 2. The molecule has 2 aliphatic heterocycles. The Morgan fingerprint density at radius 1 is 0.357 bits per heavy atom. The summed E-state index contributed by atoms with van der Waals surface area (Å²) >= 11 is 3.64. The van der Waals surface area contributed by atoms with Gasteiger partial charge in [0.05, 0.1) is 56.7 Å². The van der Waals surface area contributed by atoms with E-state index in [1.807, 2.05) is 47.8 Å². The van der Waals surface area contributed by atoms with Crippen molar-refractivity contribution in [3.8, 4) is 56.9 Å². The van der Waals surface area contributed by atoms with E-state index in [9.17, 15) is 10.5 Å². The van der Waals surface area contributed by atoms with Gasteiger partial charge < -0.3 is 9.13 Å². The predicted octanol–water partition coefficient (Wildman–Crippen LogP) is 13.6. The van der Waals surface area contributed by atoms with Gasteiger partial charge in [-0.15, -0.1) is 0 Å². The Morgan fingerprint density at radius 3 is 1.21 bits per heavy atom. The third-order valence-corrected chi connectivity index (χ3v) is 13.5. The number of hydrogen-bond acceptors (Lipinski definition) is 4. The van der Waals surface area contributed by atoms with Crippen LogP contribution < -0.4 is 0 Å². The van der Waals surface area contributed by atoms with Gasteiger partial charge in [-0.3, -0.25) is 0 Å². The van der Waals surface area contributed by atoms with E-state index < -0.39 is 0 Å². The minimum atomic E-state index is 0.572. The lowest BCUT2D eigenvalue weighted by Gasteiger charge is -2.19. The molecule has 0 saturated carbocycles. The standard InChI is InChI=1S/C50H26N4S2/c51-27-29-19-33(31-15-17-41-39(25-31)37-7-5-13-47-49(37)53(41)43-9-1-3-11-45(43)55-47)23-35(21-29)36-22-30(28-52)20-34(24-36)32-16-18-42-40(26-32)38-8-6-14-48-50(38)54(42)44-10-2-4-12-46(44)56-48/h1-26H. The predicted molar refractivity (Wildman–Crippen MR) is 229 cm³/mol. The summed E-state index contributed by atoms with van der Waals surface area (Å²) in [6, 6.07) is 60.5. The van der Waals surface area contributed by atoms with Crippen LogP contribution in [-0.2, 0) is 0 Å². The average Bonchev–Trinajstić information content (AvgIpc) is 3.78. The number of rotatable bonds is 3. The second kappa shape index (κ2) is 11.8. The topological polar surface area (TPSA) is 57.4 Å². The van der Waals surface area contributed by atoms with Gasteiger partial charge in [-0.05, 0) is 130 Å². The second-order valence-electron chi connectivity index (χ2n) is 14.4. The molecule has 0 spiro atoms. The van der Waals surface area contributed by atoms with E-state index in [0.29, 0.717) is 11.1 Å². The Balaban J connectivity index is 1.00. The Morgan fingerprint density at radius 2 is 0.768 bits per heavy atom. The van der Waals surface area contributed by atoms with Crippen molar-refractivity contribution in [3.63, 3.8) is 0 Å². The largest absolute Gasteiger partial charge is 0.307 e. The van der Waals surface area contributed by atoms with E-state index in [1.54, 1.807) is 0 Å². The molecule has 0 unspecified atom stereocenters. The summed E-state index contributed by atoms with van der Waals surface area (Å²) < 4.78 is 4.78. The van der Waals surface area contributed by atoms with Crippen LogP contribution in [0.5, 0.6) is 0 Å². The first-order valence-electron chi connectivity index (χ1n) is 18.4. The lowest BCUT2D eigenvalue weighted by Crippen LogP contribution is -2.00. The molecule has 0 saturated heterocycles. The maximum atomic E-state index is 10.3. The normalized spacial score (nSPS) is 12.5. The molecule has 4 nitrogen and oxygen atoms in total. The number of fused-ring (bicyclic) bond motifs is 10. The van der Waals surface area contributed by atoms with Crippen molar-refractivity contribution >= 4 is 67.1 Å². The molecular weight excluding hydrogens is 721 g/mol. The molecular formula is C50H26N4S2. The van der Waals surface area contributed by atoms with E-state index in [0.717, 1.165) is 44.4 Å². The zero-order valence-corrected chi connectivity index (χ0v) is 31.2. The highest BCUT2D eigenvalue weighted by Gasteiger charge is 2.24. The number of para-hydroxylation sites is 4. The summed E-state index contributed by atoms with van der Waals surface area (Å²) in [5.74, 6) is 0. The minimum Gasteiger partial charge on any atom is -0.307 e. The van der Waals surface area contributed by atoms with Crippen molar-refractivity contribution in [3.05, 3.63) is 169 Å². The molecule has 6 heteroatoms. The zero-order chi connectivity index (χ0) is 37.1. The summed E-state index contributed by atoms with van der Waals surface area (Å²) in [6.45, 7) is 0. The molecule has 10 aromatic rings. The lowest BCUT2D eigenvalue weighted by molar-refractivity contribution is 1.09. The van der Waals surface area contributed by atoms with Crippen LogP contribution in [0.1, 0.15) is 11.1 Å². The Kier molecular flexibility index (Phi) is 6.60. The molecule has 0 amide bonds. The van der Waals surface area contributed by atoms with Crippen molar-refractivity contribution in [1.82, 2.24) is 9.13 Å². The summed E-state index contributed by atoms with van der Waals surface area (Å²) in [6.07, 6.45) is 0. The molecule has 4 heterocycles. The molecule has 56 heavy (non-hydrogen) atoms. The van der Waals surface area contributed by atoms with Gasteiger partial charge in [-0.1, -0.05) is 84.2 Å². The number of nitrogens with zero attached hydrogens (tertiary/aromatic N) is 4. The maximum absolute atomic E-state index is 10.3. The smallest absolute Gasteiger partial charge is 0.0992 e. The van der Waals surface area contributed by atoms with Gasteiger partial charge in [0.2, 0.25) is 0 Å². The van der Waals surface area contributed by atoms with Crippen LogP contribution in [0, 0.1) is 22.7 Å². The Hall–Kier alpha value is -6.96. The molecule has 0 fully saturated rings. The second-order valence-corrected chi connectivity index (χ2v) is 16.6. The number of hydrogen-bond donors (Lipinski definition) is 0. The molecule has 0 bridgehead atoms. The van der Waals surface area contributed by atoms with E-state index in [-0.39, 0.29) is 0 Å². The monoisotopic (exact) mass is 746 g/mol. The van der Waals surface area contributed by atoms with Crippen LogP contribution in [0.4, 0.5) is 0 Å². The first-order chi connectivity index (χ1) is 27.6. The zero-order valence-electron chi connectivity index (χ0n) is 29.6. The highest BCUT2D eigenvalue weighted by atomic mass is 32.2. The third kappa shape index (κ3) is 4.49. The summed E-state index contributed by atoms with van der Waals surface area (Å²) in [5.41, 5.74) is 14.1. The van der Waals surface area contributed by atoms with Crippen LogP contribution in [-0.4, -0.2) is 9.13 Å².